The third-order valence-electron chi connectivity index (χ3n) is 1.95. The summed E-state index contributed by atoms with van der Waals surface area (Å²) >= 11 is 14.4. The number of halogens is 3. The van der Waals surface area contributed by atoms with E-state index in [0.29, 0.717) is 4.47 Å². The number of aliphatic hydroxyl groups is 1. The molecule has 1 atom stereocenters. The van der Waals surface area contributed by atoms with Crippen molar-refractivity contribution in [3.63, 3.8) is 0 Å². The molecule has 94 valence electrons. The summed E-state index contributed by atoms with van der Waals surface area (Å²) in [6.07, 6.45) is -0.790. The van der Waals surface area contributed by atoms with Gasteiger partial charge in [-0.2, -0.15) is 0 Å². The molecule has 0 amide bonds. The molecule has 1 aromatic carbocycles. The Hall–Kier alpha value is -0.560. The Morgan fingerprint density at radius 2 is 2.24 bits per heavy atom. The Morgan fingerprint density at radius 3 is 2.76 bits per heavy atom. The van der Waals surface area contributed by atoms with Crippen LogP contribution in [0.15, 0.2) is 16.6 Å². The predicted octanol–water partition coefficient (Wildman–Crippen LogP) is 3.02. The van der Waals surface area contributed by atoms with Gasteiger partial charge in [-0.3, -0.25) is 10.1 Å². The SMILES string of the molecule is O=[N+]([O-])c1c(Cl)ccc(Br)c1NCC(O)CCl. The molecule has 0 saturated carbocycles. The standard InChI is InChI=1S/C9H9BrCl2N2O3/c10-6-1-2-7(12)9(14(16)17)8(6)13-4-5(15)3-11/h1-2,5,13,15H,3-4H2. The van der Waals surface area contributed by atoms with E-state index in [1.54, 1.807) is 6.07 Å². The van der Waals surface area contributed by atoms with Gasteiger partial charge in [-0.1, -0.05) is 11.6 Å². The van der Waals surface area contributed by atoms with Crippen molar-refractivity contribution in [3.8, 4) is 0 Å². The molecule has 1 rings (SSSR count). The van der Waals surface area contributed by atoms with Crippen molar-refractivity contribution in [2.45, 2.75) is 6.10 Å². The number of benzene rings is 1. The fraction of sp³-hybridized carbons (Fsp3) is 0.333. The molecule has 2 N–H and O–H groups in total. The van der Waals surface area contributed by atoms with Crippen LogP contribution in [0.25, 0.3) is 0 Å². The molecule has 0 saturated heterocycles. The molecule has 0 aliphatic rings. The van der Waals surface area contributed by atoms with Gasteiger partial charge < -0.3 is 10.4 Å². The number of alkyl halides is 1. The Morgan fingerprint density at radius 1 is 1.59 bits per heavy atom. The quantitative estimate of drug-likeness (QED) is 0.489. The molecule has 0 aliphatic carbocycles. The number of aliphatic hydroxyl groups excluding tert-OH is 1. The van der Waals surface area contributed by atoms with E-state index in [0.717, 1.165) is 0 Å². The summed E-state index contributed by atoms with van der Waals surface area (Å²) in [5, 5.41) is 23.0. The van der Waals surface area contributed by atoms with Crippen LogP contribution in [-0.4, -0.2) is 28.6 Å². The Labute approximate surface area is 116 Å². The van der Waals surface area contributed by atoms with Crippen LogP contribution in [0.5, 0.6) is 0 Å². The fourth-order valence-electron chi connectivity index (χ4n) is 1.16. The van der Waals surface area contributed by atoms with E-state index in [1.807, 2.05) is 0 Å². The van der Waals surface area contributed by atoms with Crippen LogP contribution in [0.1, 0.15) is 0 Å². The third-order valence-corrected chi connectivity index (χ3v) is 3.28. The van der Waals surface area contributed by atoms with Crippen molar-refractivity contribution in [1.29, 1.82) is 0 Å². The molecule has 0 fully saturated rings. The Bertz CT molecular complexity index is 431. The summed E-state index contributed by atoms with van der Waals surface area (Å²) in [4.78, 5) is 10.3. The normalized spacial score (nSPS) is 12.2. The zero-order valence-corrected chi connectivity index (χ0v) is 11.6. The fourth-order valence-corrected chi connectivity index (χ4v) is 1.96. The van der Waals surface area contributed by atoms with E-state index >= 15 is 0 Å². The van der Waals surface area contributed by atoms with Crippen LogP contribution in [0.3, 0.4) is 0 Å². The van der Waals surface area contributed by atoms with Gasteiger partial charge in [0.2, 0.25) is 0 Å². The first-order valence-electron chi connectivity index (χ1n) is 4.57. The van der Waals surface area contributed by atoms with Crippen LogP contribution in [0, 0.1) is 10.1 Å². The second-order valence-corrected chi connectivity index (χ2v) is 4.77. The van der Waals surface area contributed by atoms with E-state index in [1.165, 1.54) is 6.07 Å². The third kappa shape index (κ3) is 3.70. The van der Waals surface area contributed by atoms with Crippen LogP contribution in [-0.2, 0) is 0 Å². The van der Waals surface area contributed by atoms with Gasteiger partial charge in [0.25, 0.3) is 0 Å². The lowest BCUT2D eigenvalue weighted by Crippen LogP contribution is -2.21. The molecule has 1 unspecified atom stereocenters. The minimum atomic E-state index is -0.790. The minimum Gasteiger partial charge on any atom is -0.390 e. The van der Waals surface area contributed by atoms with E-state index < -0.39 is 11.0 Å². The van der Waals surface area contributed by atoms with Gasteiger partial charge in [0.05, 0.1) is 16.9 Å². The molecule has 0 bridgehead atoms. The van der Waals surface area contributed by atoms with E-state index in [9.17, 15) is 15.2 Å². The van der Waals surface area contributed by atoms with Gasteiger partial charge in [-0.15, -0.1) is 11.6 Å². The molecule has 0 aliphatic heterocycles. The zero-order chi connectivity index (χ0) is 13.0. The number of nitrogens with zero attached hydrogens (tertiary/aromatic N) is 1. The van der Waals surface area contributed by atoms with Crippen molar-refractivity contribution in [3.05, 3.63) is 31.7 Å². The number of nitro groups is 1. The zero-order valence-electron chi connectivity index (χ0n) is 8.49. The summed E-state index contributed by atoms with van der Waals surface area (Å²) in [5.74, 6) is 0.0407. The van der Waals surface area contributed by atoms with E-state index in [-0.39, 0.29) is 28.8 Å². The highest BCUT2D eigenvalue weighted by atomic mass is 79.9. The number of hydrogen-bond donors (Lipinski definition) is 2. The molecular weight excluding hydrogens is 335 g/mol. The molecule has 0 aromatic heterocycles. The average Bonchev–Trinajstić information content (AvgIpc) is 2.28. The van der Waals surface area contributed by atoms with E-state index in [2.05, 4.69) is 21.2 Å². The number of hydrogen-bond acceptors (Lipinski definition) is 4. The highest BCUT2D eigenvalue weighted by Gasteiger charge is 2.21. The molecule has 0 heterocycles. The van der Waals surface area contributed by atoms with Gasteiger partial charge in [-0.25, -0.2) is 0 Å². The van der Waals surface area contributed by atoms with E-state index in [4.69, 9.17) is 23.2 Å². The average molecular weight is 344 g/mol. The van der Waals surface area contributed by atoms with Gasteiger partial charge in [-0.05, 0) is 28.1 Å². The Balaban J connectivity index is 3.04. The largest absolute Gasteiger partial charge is 0.390 e. The molecule has 5 nitrogen and oxygen atoms in total. The first-order chi connectivity index (χ1) is 7.97. The van der Waals surface area contributed by atoms with Crippen LogP contribution < -0.4 is 5.32 Å². The minimum absolute atomic E-state index is 0.0288. The van der Waals surface area contributed by atoms with Crippen molar-refractivity contribution in [1.82, 2.24) is 0 Å². The van der Waals surface area contributed by atoms with Crippen molar-refractivity contribution in [2.75, 3.05) is 17.7 Å². The predicted molar refractivity (Wildman–Crippen MR) is 71.0 cm³/mol. The number of nitro benzene ring substituents is 1. The van der Waals surface area contributed by atoms with Gasteiger partial charge in [0.15, 0.2) is 0 Å². The topological polar surface area (TPSA) is 75.4 Å². The highest BCUT2D eigenvalue weighted by Crippen LogP contribution is 2.38. The second-order valence-electron chi connectivity index (χ2n) is 3.20. The lowest BCUT2D eigenvalue weighted by atomic mass is 10.2. The van der Waals surface area contributed by atoms with Crippen LogP contribution >= 0.6 is 39.1 Å². The number of anilines is 1. The molecule has 8 heteroatoms. The van der Waals surface area contributed by atoms with Crippen molar-refractivity contribution < 1.29 is 10.0 Å². The van der Waals surface area contributed by atoms with Crippen LogP contribution in [0.4, 0.5) is 11.4 Å². The maximum Gasteiger partial charge on any atom is 0.311 e. The smallest absolute Gasteiger partial charge is 0.311 e. The number of rotatable bonds is 5. The van der Waals surface area contributed by atoms with Gasteiger partial charge in [0, 0.05) is 11.0 Å². The van der Waals surface area contributed by atoms with Gasteiger partial charge >= 0.3 is 5.69 Å². The lowest BCUT2D eigenvalue weighted by Gasteiger charge is -2.12. The maximum atomic E-state index is 10.9. The van der Waals surface area contributed by atoms with Crippen molar-refractivity contribution in [2.24, 2.45) is 0 Å². The molecule has 0 radical (unpaired) electrons. The summed E-state index contributed by atoms with van der Waals surface area (Å²) in [6, 6.07) is 3.01. The van der Waals surface area contributed by atoms with Gasteiger partial charge in [0.1, 0.15) is 10.7 Å². The lowest BCUT2D eigenvalue weighted by molar-refractivity contribution is -0.383. The molecule has 17 heavy (non-hydrogen) atoms. The molecular formula is C9H9BrCl2N2O3. The van der Waals surface area contributed by atoms with Crippen LogP contribution in [0.2, 0.25) is 5.02 Å². The summed E-state index contributed by atoms with van der Waals surface area (Å²) in [7, 11) is 0. The summed E-state index contributed by atoms with van der Waals surface area (Å²) in [6.45, 7) is 0.100. The summed E-state index contributed by atoms with van der Waals surface area (Å²) in [5.41, 5.74) is -0.00511. The highest BCUT2D eigenvalue weighted by molar-refractivity contribution is 9.10. The molecule has 1 aromatic rings. The van der Waals surface area contributed by atoms with Crippen molar-refractivity contribution >= 4 is 50.5 Å². The second kappa shape index (κ2) is 6.39. The Kier molecular flexibility index (Phi) is 5.45. The molecule has 0 spiro atoms. The monoisotopic (exact) mass is 342 g/mol. The summed E-state index contributed by atoms with van der Waals surface area (Å²) < 4.78 is 0.496. The number of nitrogens with one attached hydrogen (secondary N) is 1. The first kappa shape index (κ1) is 14.5. The maximum absolute atomic E-state index is 10.9. The first-order valence-corrected chi connectivity index (χ1v) is 6.28.